The third-order valence-corrected chi connectivity index (χ3v) is 8.75. The number of hydrogen-bond acceptors (Lipinski definition) is 7. The van der Waals surface area contributed by atoms with Crippen molar-refractivity contribution in [1.82, 2.24) is 19.8 Å². The van der Waals surface area contributed by atoms with Crippen molar-refractivity contribution in [3.8, 4) is 6.01 Å². The molecule has 9 heteroatoms. The van der Waals surface area contributed by atoms with Gasteiger partial charge in [-0.15, -0.1) is 0 Å². The first-order chi connectivity index (χ1) is 20.1. The number of likely N-dealkylation sites (tertiary alicyclic amines) is 1. The van der Waals surface area contributed by atoms with Crippen LogP contribution in [0.3, 0.4) is 0 Å². The predicted molar refractivity (Wildman–Crippen MR) is 161 cm³/mol. The molecule has 1 aromatic heterocycles. The molecule has 0 aliphatic carbocycles. The summed E-state index contributed by atoms with van der Waals surface area (Å²) in [6.45, 7) is 16.3. The Morgan fingerprint density at radius 1 is 1.12 bits per heavy atom. The minimum Gasteiger partial charge on any atom is -0.462 e. The van der Waals surface area contributed by atoms with Gasteiger partial charge in [-0.1, -0.05) is 43.0 Å². The van der Waals surface area contributed by atoms with E-state index in [4.69, 9.17) is 21.3 Å². The van der Waals surface area contributed by atoms with Crippen LogP contribution in [0.1, 0.15) is 24.1 Å². The molecule has 0 spiro atoms. The van der Waals surface area contributed by atoms with Gasteiger partial charge >= 0.3 is 6.01 Å². The second-order valence-electron chi connectivity index (χ2n) is 11.2. The number of carbonyl (C=O) groups excluding carboxylic acids is 1. The number of carbonyl (C=O) groups is 1. The van der Waals surface area contributed by atoms with Crippen LogP contribution in [0.4, 0.5) is 11.5 Å². The summed E-state index contributed by atoms with van der Waals surface area (Å²) in [6, 6.07) is 15.5. The Bertz CT molecular complexity index is 1480. The van der Waals surface area contributed by atoms with E-state index in [9.17, 15) is 4.79 Å². The molecule has 3 aliphatic rings. The molecular formula is C32H37N7O2. The van der Waals surface area contributed by atoms with E-state index in [1.807, 2.05) is 0 Å². The van der Waals surface area contributed by atoms with E-state index in [-0.39, 0.29) is 18.5 Å². The topological polar surface area (TPSA) is 69.4 Å². The number of ether oxygens (including phenoxy) is 1. The first kappa shape index (κ1) is 27.0. The van der Waals surface area contributed by atoms with E-state index in [0.717, 1.165) is 43.0 Å². The van der Waals surface area contributed by atoms with Crippen molar-refractivity contribution in [2.45, 2.75) is 37.9 Å². The summed E-state index contributed by atoms with van der Waals surface area (Å²) in [6.07, 6.45) is 4.42. The molecule has 4 heterocycles. The second-order valence-corrected chi connectivity index (χ2v) is 11.2. The largest absolute Gasteiger partial charge is 0.462 e. The Morgan fingerprint density at radius 3 is 2.78 bits per heavy atom. The SMILES string of the molecule is [C-]#[N+]CC1CN(C(=O)C=C)CCN1c1nc(OCC2CCCN2C)nc2c1CCN(c1cccc3ccccc13)C2. The van der Waals surface area contributed by atoms with Crippen LogP contribution < -0.4 is 14.5 Å². The minimum absolute atomic E-state index is 0.0974. The lowest BCUT2D eigenvalue weighted by atomic mass is 10.0. The van der Waals surface area contributed by atoms with Crippen LogP contribution in [0.5, 0.6) is 6.01 Å². The highest BCUT2D eigenvalue weighted by molar-refractivity contribution is 5.94. The van der Waals surface area contributed by atoms with Crippen molar-refractivity contribution in [2.24, 2.45) is 0 Å². The zero-order valence-corrected chi connectivity index (χ0v) is 23.7. The van der Waals surface area contributed by atoms with Crippen LogP contribution in [0.2, 0.25) is 0 Å². The fourth-order valence-corrected chi connectivity index (χ4v) is 6.47. The smallest absolute Gasteiger partial charge is 0.318 e. The molecule has 0 radical (unpaired) electrons. The summed E-state index contributed by atoms with van der Waals surface area (Å²) in [4.78, 5) is 34.8. The molecule has 6 rings (SSSR count). The maximum absolute atomic E-state index is 12.4. The number of nitrogens with zero attached hydrogens (tertiary/aromatic N) is 7. The summed E-state index contributed by atoms with van der Waals surface area (Å²) >= 11 is 0. The van der Waals surface area contributed by atoms with Gasteiger partial charge in [0.05, 0.1) is 12.2 Å². The van der Waals surface area contributed by atoms with Gasteiger partial charge in [-0.05, 0) is 50.4 Å². The molecule has 0 saturated carbocycles. The second kappa shape index (κ2) is 11.8. The molecule has 2 unspecified atom stereocenters. The Kier molecular flexibility index (Phi) is 7.75. The number of benzene rings is 2. The molecule has 0 bridgehead atoms. The molecule has 3 aromatic rings. The number of fused-ring (bicyclic) bond motifs is 2. The van der Waals surface area contributed by atoms with Crippen molar-refractivity contribution < 1.29 is 9.53 Å². The molecule has 2 aromatic carbocycles. The van der Waals surface area contributed by atoms with E-state index < -0.39 is 0 Å². The van der Waals surface area contributed by atoms with E-state index in [1.165, 1.54) is 29.0 Å². The number of likely N-dealkylation sites (N-methyl/N-ethyl adjacent to an activating group) is 1. The number of hydrogen-bond donors (Lipinski definition) is 0. The van der Waals surface area contributed by atoms with Crippen molar-refractivity contribution in [2.75, 3.05) is 62.7 Å². The van der Waals surface area contributed by atoms with Gasteiger partial charge in [0.15, 0.2) is 0 Å². The normalized spacial score (nSPS) is 21.0. The predicted octanol–water partition coefficient (Wildman–Crippen LogP) is 3.79. The van der Waals surface area contributed by atoms with Crippen LogP contribution >= 0.6 is 0 Å². The van der Waals surface area contributed by atoms with E-state index in [0.29, 0.717) is 44.8 Å². The molecule has 2 atom stereocenters. The van der Waals surface area contributed by atoms with Crippen LogP contribution in [0, 0.1) is 6.57 Å². The fourth-order valence-electron chi connectivity index (χ4n) is 6.47. The average molecular weight is 552 g/mol. The molecule has 41 heavy (non-hydrogen) atoms. The average Bonchev–Trinajstić information content (AvgIpc) is 3.43. The van der Waals surface area contributed by atoms with Crippen LogP contribution in [0.15, 0.2) is 55.1 Å². The van der Waals surface area contributed by atoms with E-state index in [1.54, 1.807) is 4.90 Å². The van der Waals surface area contributed by atoms with Crippen molar-refractivity contribution in [3.63, 3.8) is 0 Å². The lowest BCUT2D eigenvalue weighted by Crippen LogP contribution is -2.56. The standard InChI is InChI=1S/C32H37N7O2/c1-4-30(40)38-17-18-39(25(20-38)19-33-2)31-27-14-16-37(29-13-7-10-23-9-5-6-12-26(23)29)21-28(27)34-32(35-31)41-22-24-11-8-15-36(24)3/h4-7,9-10,12-13,24-25H,1,8,11,14-22H2,3H3. The lowest BCUT2D eigenvalue weighted by Gasteiger charge is -2.41. The van der Waals surface area contributed by atoms with Gasteiger partial charge < -0.3 is 29.2 Å². The first-order valence-corrected chi connectivity index (χ1v) is 14.5. The molecular weight excluding hydrogens is 514 g/mol. The zero-order valence-electron chi connectivity index (χ0n) is 23.7. The minimum atomic E-state index is -0.158. The number of amides is 1. The number of anilines is 2. The van der Waals surface area contributed by atoms with Crippen LogP contribution in [0.25, 0.3) is 15.6 Å². The van der Waals surface area contributed by atoms with Gasteiger partial charge in [-0.25, -0.2) is 6.57 Å². The summed E-state index contributed by atoms with van der Waals surface area (Å²) in [5.41, 5.74) is 3.28. The molecule has 2 saturated heterocycles. The van der Waals surface area contributed by atoms with Crippen LogP contribution in [-0.2, 0) is 17.8 Å². The third kappa shape index (κ3) is 5.44. The number of piperazine rings is 1. The van der Waals surface area contributed by atoms with Crippen molar-refractivity contribution in [3.05, 3.63) is 77.8 Å². The van der Waals surface area contributed by atoms with E-state index in [2.05, 4.69) is 75.6 Å². The van der Waals surface area contributed by atoms with Gasteiger partial charge in [-0.2, -0.15) is 9.97 Å². The summed E-state index contributed by atoms with van der Waals surface area (Å²) in [7, 11) is 2.14. The fraction of sp³-hybridized carbons (Fsp3) is 0.438. The molecule has 3 aliphatic heterocycles. The summed E-state index contributed by atoms with van der Waals surface area (Å²) < 4.78 is 6.29. The zero-order chi connectivity index (χ0) is 28.3. The van der Waals surface area contributed by atoms with E-state index >= 15 is 0 Å². The Labute approximate surface area is 241 Å². The molecule has 0 N–H and O–H groups in total. The first-order valence-electron chi connectivity index (χ1n) is 14.5. The number of rotatable bonds is 7. The molecule has 1 amide bonds. The van der Waals surface area contributed by atoms with Crippen molar-refractivity contribution in [1.29, 1.82) is 0 Å². The van der Waals surface area contributed by atoms with Gasteiger partial charge in [0.2, 0.25) is 12.5 Å². The highest BCUT2D eigenvalue weighted by atomic mass is 16.5. The highest BCUT2D eigenvalue weighted by Gasteiger charge is 2.35. The van der Waals surface area contributed by atoms with Gasteiger partial charge in [0.25, 0.3) is 0 Å². The quantitative estimate of drug-likeness (QED) is 0.327. The van der Waals surface area contributed by atoms with Gasteiger partial charge in [0.1, 0.15) is 18.5 Å². The Hall–Kier alpha value is -4.16. The summed E-state index contributed by atoms with van der Waals surface area (Å²) in [5.74, 6) is 0.751. The highest BCUT2D eigenvalue weighted by Crippen LogP contribution is 2.35. The van der Waals surface area contributed by atoms with Crippen molar-refractivity contribution >= 4 is 28.2 Å². The Morgan fingerprint density at radius 2 is 1.98 bits per heavy atom. The monoisotopic (exact) mass is 551 g/mol. The van der Waals surface area contributed by atoms with Crippen LogP contribution in [-0.4, -0.2) is 90.7 Å². The van der Waals surface area contributed by atoms with Gasteiger partial charge in [0, 0.05) is 48.9 Å². The maximum atomic E-state index is 12.4. The number of aromatic nitrogens is 2. The van der Waals surface area contributed by atoms with Gasteiger partial charge in [-0.3, -0.25) is 4.79 Å². The molecule has 9 nitrogen and oxygen atoms in total. The summed E-state index contributed by atoms with van der Waals surface area (Å²) in [5, 5.41) is 2.45. The maximum Gasteiger partial charge on any atom is 0.318 e. The molecule has 2 fully saturated rings. The molecule has 212 valence electrons. The third-order valence-electron chi connectivity index (χ3n) is 8.75. The Balaban J connectivity index is 1.35. The lowest BCUT2D eigenvalue weighted by molar-refractivity contribution is -0.126.